The first-order valence-corrected chi connectivity index (χ1v) is 7.76. The van der Waals surface area contributed by atoms with Gasteiger partial charge in [0.1, 0.15) is 5.82 Å². The molecule has 0 saturated carbocycles. The zero-order valence-electron chi connectivity index (χ0n) is 13.2. The Morgan fingerprint density at radius 1 is 1.48 bits per heavy atom. The van der Waals surface area contributed by atoms with Gasteiger partial charge in [-0.3, -0.25) is 4.79 Å². The van der Waals surface area contributed by atoms with Crippen molar-refractivity contribution < 1.29 is 9.18 Å². The lowest BCUT2D eigenvalue weighted by Gasteiger charge is -2.33. The molecule has 1 aliphatic heterocycles. The van der Waals surface area contributed by atoms with Crippen LogP contribution in [-0.2, 0) is 0 Å². The summed E-state index contributed by atoms with van der Waals surface area (Å²) >= 11 is 0. The number of likely N-dealkylation sites (tertiary alicyclic amines) is 1. The van der Waals surface area contributed by atoms with E-state index in [1.807, 2.05) is 6.92 Å². The third kappa shape index (κ3) is 4.27. The van der Waals surface area contributed by atoms with Crippen molar-refractivity contribution in [3.05, 3.63) is 35.1 Å². The van der Waals surface area contributed by atoms with Crippen LogP contribution < -0.4 is 5.32 Å². The molecule has 0 radical (unpaired) electrons. The van der Waals surface area contributed by atoms with Crippen LogP contribution in [0.15, 0.2) is 18.2 Å². The molecule has 0 aliphatic carbocycles. The van der Waals surface area contributed by atoms with E-state index in [9.17, 15) is 9.18 Å². The molecule has 0 bridgehead atoms. The molecule has 1 N–H and O–H groups in total. The largest absolute Gasteiger partial charge is 0.338 e. The Balaban J connectivity index is 2.03. The van der Waals surface area contributed by atoms with Crippen molar-refractivity contribution in [1.29, 1.82) is 0 Å². The smallest absolute Gasteiger partial charge is 0.256 e. The van der Waals surface area contributed by atoms with Gasteiger partial charge >= 0.3 is 0 Å². The SMILES string of the molecule is Cc1ccc(F)c(C(=O)N2CCCC(CNC(C)C)C2)c1. The molecule has 3 nitrogen and oxygen atoms in total. The van der Waals surface area contributed by atoms with Crippen molar-refractivity contribution in [2.45, 2.75) is 39.7 Å². The number of nitrogens with zero attached hydrogens (tertiary/aromatic N) is 1. The van der Waals surface area contributed by atoms with Crippen LogP contribution >= 0.6 is 0 Å². The molecule has 1 unspecified atom stereocenters. The molecule has 0 aromatic heterocycles. The fourth-order valence-corrected chi connectivity index (χ4v) is 2.79. The maximum atomic E-state index is 13.9. The second kappa shape index (κ2) is 7.03. The zero-order valence-corrected chi connectivity index (χ0v) is 13.2. The van der Waals surface area contributed by atoms with Crippen molar-refractivity contribution in [1.82, 2.24) is 10.2 Å². The maximum Gasteiger partial charge on any atom is 0.256 e. The molecular weight excluding hydrogens is 267 g/mol. The number of benzene rings is 1. The van der Waals surface area contributed by atoms with Crippen molar-refractivity contribution in [3.63, 3.8) is 0 Å². The summed E-state index contributed by atoms with van der Waals surface area (Å²) in [5.74, 6) is -0.142. The van der Waals surface area contributed by atoms with Crippen LogP contribution in [0.2, 0.25) is 0 Å². The lowest BCUT2D eigenvalue weighted by Crippen LogP contribution is -2.44. The van der Waals surface area contributed by atoms with Crippen LogP contribution in [0.25, 0.3) is 0 Å². The number of carbonyl (C=O) groups is 1. The van der Waals surface area contributed by atoms with Crippen molar-refractivity contribution >= 4 is 5.91 Å². The minimum Gasteiger partial charge on any atom is -0.338 e. The molecule has 1 atom stereocenters. The van der Waals surface area contributed by atoms with E-state index in [1.165, 1.54) is 6.07 Å². The van der Waals surface area contributed by atoms with Gasteiger partial charge in [0.05, 0.1) is 5.56 Å². The second-order valence-corrected chi connectivity index (χ2v) is 6.31. The van der Waals surface area contributed by atoms with Gasteiger partial charge in [0.2, 0.25) is 0 Å². The zero-order chi connectivity index (χ0) is 15.4. The minimum atomic E-state index is -0.423. The first kappa shape index (κ1) is 16.0. The van der Waals surface area contributed by atoms with Gasteiger partial charge in [-0.1, -0.05) is 25.5 Å². The van der Waals surface area contributed by atoms with Crippen molar-refractivity contribution in [2.75, 3.05) is 19.6 Å². The number of hydrogen-bond donors (Lipinski definition) is 1. The van der Waals surface area contributed by atoms with E-state index >= 15 is 0 Å². The predicted molar refractivity (Wildman–Crippen MR) is 82.9 cm³/mol. The highest BCUT2D eigenvalue weighted by molar-refractivity contribution is 5.94. The lowest BCUT2D eigenvalue weighted by atomic mass is 9.97. The number of halogens is 1. The van der Waals surface area contributed by atoms with E-state index in [4.69, 9.17) is 0 Å². The first-order valence-electron chi connectivity index (χ1n) is 7.76. The normalized spacial score (nSPS) is 19.1. The number of aryl methyl sites for hydroxylation is 1. The summed E-state index contributed by atoms with van der Waals surface area (Å²) in [7, 11) is 0. The highest BCUT2D eigenvalue weighted by atomic mass is 19.1. The Kier molecular flexibility index (Phi) is 5.34. The van der Waals surface area contributed by atoms with Crippen LogP contribution in [0.1, 0.15) is 42.6 Å². The molecule has 2 rings (SSSR count). The van der Waals surface area contributed by atoms with Crippen LogP contribution in [0.3, 0.4) is 0 Å². The number of carbonyl (C=O) groups excluding carboxylic acids is 1. The summed E-state index contributed by atoms with van der Waals surface area (Å²) in [6, 6.07) is 5.17. The number of piperidine rings is 1. The molecule has 1 aliphatic rings. The Bertz CT molecular complexity index is 502. The summed E-state index contributed by atoms with van der Waals surface area (Å²) in [5, 5.41) is 3.42. The molecule has 116 valence electrons. The Morgan fingerprint density at radius 3 is 2.95 bits per heavy atom. The van der Waals surface area contributed by atoms with Gasteiger partial charge in [-0.15, -0.1) is 0 Å². The van der Waals surface area contributed by atoms with Gasteiger partial charge < -0.3 is 10.2 Å². The lowest BCUT2D eigenvalue weighted by molar-refractivity contribution is 0.0667. The average Bonchev–Trinajstić information content (AvgIpc) is 2.47. The Hall–Kier alpha value is -1.42. The molecule has 1 aromatic carbocycles. The molecule has 1 aromatic rings. The Labute approximate surface area is 126 Å². The highest BCUT2D eigenvalue weighted by Gasteiger charge is 2.26. The predicted octanol–water partition coefficient (Wildman–Crippen LogP) is 2.98. The Morgan fingerprint density at radius 2 is 2.24 bits per heavy atom. The number of amides is 1. The van der Waals surface area contributed by atoms with Gasteiger partial charge in [0, 0.05) is 19.1 Å². The van der Waals surface area contributed by atoms with Gasteiger partial charge in [-0.25, -0.2) is 4.39 Å². The van der Waals surface area contributed by atoms with Crippen LogP contribution in [0.4, 0.5) is 4.39 Å². The molecule has 21 heavy (non-hydrogen) atoms. The molecule has 1 amide bonds. The second-order valence-electron chi connectivity index (χ2n) is 6.31. The topological polar surface area (TPSA) is 32.3 Å². The summed E-state index contributed by atoms with van der Waals surface area (Å²) in [6.45, 7) is 8.47. The van der Waals surface area contributed by atoms with E-state index in [-0.39, 0.29) is 11.5 Å². The van der Waals surface area contributed by atoms with Gasteiger partial charge in [0.25, 0.3) is 5.91 Å². The number of hydrogen-bond acceptors (Lipinski definition) is 2. The molecule has 0 spiro atoms. The van der Waals surface area contributed by atoms with E-state index in [1.54, 1.807) is 17.0 Å². The highest BCUT2D eigenvalue weighted by Crippen LogP contribution is 2.20. The van der Waals surface area contributed by atoms with E-state index < -0.39 is 5.82 Å². The minimum absolute atomic E-state index is 0.176. The summed E-state index contributed by atoms with van der Waals surface area (Å²) in [4.78, 5) is 14.3. The fourth-order valence-electron chi connectivity index (χ4n) is 2.79. The van der Waals surface area contributed by atoms with Crippen LogP contribution in [-0.4, -0.2) is 36.5 Å². The van der Waals surface area contributed by atoms with E-state index in [0.717, 1.165) is 31.5 Å². The quantitative estimate of drug-likeness (QED) is 0.925. The summed E-state index contributed by atoms with van der Waals surface area (Å²) < 4.78 is 13.9. The molecule has 1 fully saturated rings. The summed E-state index contributed by atoms with van der Waals surface area (Å²) in [5.41, 5.74) is 1.11. The van der Waals surface area contributed by atoms with E-state index in [0.29, 0.717) is 18.5 Å². The van der Waals surface area contributed by atoms with Crippen molar-refractivity contribution in [3.8, 4) is 0 Å². The van der Waals surface area contributed by atoms with E-state index in [2.05, 4.69) is 19.2 Å². The van der Waals surface area contributed by atoms with Crippen molar-refractivity contribution in [2.24, 2.45) is 5.92 Å². The molecular formula is C17H25FN2O. The standard InChI is InChI=1S/C17H25FN2O/c1-12(2)19-10-14-5-4-8-20(11-14)17(21)15-9-13(3)6-7-16(15)18/h6-7,9,12,14,19H,4-5,8,10-11H2,1-3H3. The number of nitrogens with one attached hydrogen (secondary N) is 1. The molecule has 4 heteroatoms. The molecule has 1 saturated heterocycles. The number of rotatable bonds is 4. The van der Waals surface area contributed by atoms with Crippen LogP contribution in [0, 0.1) is 18.7 Å². The average molecular weight is 292 g/mol. The third-order valence-corrected chi connectivity index (χ3v) is 3.97. The fraction of sp³-hybridized carbons (Fsp3) is 0.588. The first-order chi connectivity index (χ1) is 9.97. The third-order valence-electron chi connectivity index (χ3n) is 3.97. The molecule has 1 heterocycles. The van der Waals surface area contributed by atoms with Crippen LogP contribution in [0.5, 0.6) is 0 Å². The maximum absolute atomic E-state index is 13.9. The monoisotopic (exact) mass is 292 g/mol. The van der Waals surface area contributed by atoms with Gasteiger partial charge in [-0.05, 0) is 44.4 Å². The summed E-state index contributed by atoms with van der Waals surface area (Å²) in [6.07, 6.45) is 2.11. The van der Waals surface area contributed by atoms with Gasteiger partial charge in [-0.2, -0.15) is 0 Å². The van der Waals surface area contributed by atoms with Gasteiger partial charge in [0.15, 0.2) is 0 Å².